The van der Waals surface area contributed by atoms with E-state index in [0.717, 1.165) is 44.6 Å². The molecule has 30 heavy (non-hydrogen) atoms. The number of rotatable bonds is 11. The molecular formula is C22H34F3N3O2. The molecule has 1 heterocycles. The highest BCUT2D eigenvalue weighted by atomic mass is 19.4. The summed E-state index contributed by atoms with van der Waals surface area (Å²) >= 11 is 0. The number of carbonyl (C=O) groups excluding carboxylic acids is 1. The Hall–Kier alpha value is -1.64. The number of hydrogen-bond donors (Lipinski definition) is 1. The summed E-state index contributed by atoms with van der Waals surface area (Å²) in [6.45, 7) is 6.81. The summed E-state index contributed by atoms with van der Waals surface area (Å²) in [6, 6.07) is 9.83. The molecule has 2 rings (SSSR count). The van der Waals surface area contributed by atoms with E-state index in [0.29, 0.717) is 13.0 Å². The fourth-order valence-corrected chi connectivity index (χ4v) is 3.71. The third-order valence-electron chi connectivity index (χ3n) is 5.46. The quantitative estimate of drug-likeness (QED) is 0.546. The molecule has 8 heteroatoms. The molecule has 0 radical (unpaired) electrons. The summed E-state index contributed by atoms with van der Waals surface area (Å²) in [5.41, 5.74) is 1.12. The standard InChI is InChI=1S/C22H34F3N3O2/c1-3-8-20(19-9-5-4-6-10-19)26-21(29)18(2)28-14-12-27(13-15-28)11-7-16-30-17-22(23,24)25/h4-6,9-10,18,20H,3,7-8,11-17H2,1-2H3,(H,26,29). The summed E-state index contributed by atoms with van der Waals surface area (Å²) in [6.07, 6.45) is -1.81. The van der Waals surface area contributed by atoms with Crippen molar-refractivity contribution in [3.63, 3.8) is 0 Å². The summed E-state index contributed by atoms with van der Waals surface area (Å²) in [7, 11) is 0. The van der Waals surface area contributed by atoms with Crippen molar-refractivity contribution in [3.8, 4) is 0 Å². The Bertz CT molecular complexity index is 620. The van der Waals surface area contributed by atoms with Crippen LogP contribution >= 0.6 is 0 Å². The summed E-state index contributed by atoms with van der Waals surface area (Å²) < 4.78 is 40.9. The van der Waals surface area contributed by atoms with Crippen molar-refractivity contribution in [2.45, 2.75) is 51.4 Å². The monoisotopic (exact) mass is 429 g/mol. The lowest BCUT2D eigenvalue weighted by Crippen LogP contribution is -2.54. The van der Waals surface area contributed by atoms with E-state index in [9.17, 15) is 18.0 Å². The molecule has 1 saturated heterocycles. The molecule has 1 aromatic carbocycles. The van der Waals surface area contributed by atoms with Gasteiger partial charge in [0.05, 0.1) is 12.1 Å². The van der Waals surface area contributed by atoms with Gasteiger partial charge in [-0.05, 0) is 25.3 Å². The molecule has 0 aromatic heterocycles. The largest absolute Gasteiger partial charge is 0.411 e. The predicted molar refractivity (Wildman–Crippen MR) is 111 cm³/mol. The molecular weight excluding hydrogens is 395 g/mol. The van der Waals surface area contributed by atoms with E-state index in [1.165, 1.54) is 0 Å². The van der Waals surface area contributed by atoms with Crippen LogP contribution in [0, 0.1) is 0 Å². The lowest BCUT2D eigenvalue weighted by atomic mass is 10.0. The molecule has 2 atom stereocenters. The van der Waals surface area contributed by atoms with Crippen LogP contribution in [-0.2, 0) is 9.53 Å². The molecule has 0 saturated carbocycles. The van der Waals surface area contributed by atoms with Crippen molar-refractivity contribution >= 4 is 5.91 Å². The van der Waals surface area contributed by atoms with Gasteiger partial charge in [-0.15, -0.1) is 0 Å². The fourth-order valence-electron chi connectivity index (χ4n) is 3.71. The molecule has 2 unspecified atom stereocenters. The van der Waals surface area contributed by atoms with Gasteiger partial charge in [-0.3, -0.25) is 9.69 Å². The second-order valence-corrected chi connectivity index (χ2v) is 7.84. The second kappa shape index (κ2) is 12.3. The predicted octanol–water partition coefficient (Wildman–Crippen LogP) is 3.62. The first kappa shape index (κ1) is 24.6. The minimum absolute atomic E-state index is 0.0177. The van der Waals surface area contributed by atoms with Gasteiger partial charge in [0.25, 0.3) is 0 Å². The normalized spacial score (nSPS) is 18.2. The first-order valence-corrected chi connectivity index (χ1v) is 10.8. The third-order valence-corrected chi connectivity index (χ3v) is 5.46. The highest BCUT2D eigenvalue weighted by Crippen LogP contribution is 2.19. The van der Waals surface area contributed by atoms with Gasteiger partial charge < -0.3 is 15.0 Å². The van der Waals surface area contributed by atoms with Crippen molar-refractivity contribution in [2.75, 3.05) is 45.9 Å². The first-order valence-electron chi connectivity index (χ1n) is 10.8. The van der Waals surface area contributed by atoms with E-state index in [1.54, 1.807) is 0 Å². The number of alkyl halides is 3. The van der Waals surface area contributed by atoms with Crippen LogP contribution in [0.4, 0.5) is 13.2 Å². The number of ether oxygens (including phenoxy) is 1. The summed E-state index contributed by atoms with van der Waals surface area (Å²) in [4.78, 5) is 17.2. The molecule has 170 valence electrons. The molecule has 1 aromatic rings. The van der Waals surface area contributed by atoms with Crippen molar-refractivity contribution in [3.05, 3.63) is 35.9 Å². The Morgan fingerprint density at radius 1 is 1.17 bits per heavy atom. The molecule has 0 spiro atoms. The number of benzene rings is 1. The minimum Gasteiger partial charge on any atom is -0.372 e. The topological polar surface area (TPSA) is 44.8 Å². The Kier molecular flexibility index (Phi) is 10.1. The van der Waals surface area contributed by atoms with E-state index < -0.39 is 12.8 Å². The van der Waals surface area contributed by atoms with Gasteiger partial charge in [0.2, 0.25) is 5.91 Å². The van der Waals surface area contributed by atoms with Gasteiger partial charge in [-0.2, -0.15) is 13.2 Å². The maximum Gasteiger partial charge on any atom is 0.411 e. The zero-order valence-corrected chi connectivity index (χ0v) is 18.0. The number of amides is 1. The molecule has 0 bridgehead atoms. The van der Waals surface area contributed by atoms with Gasteiger partial charge in [0.1, 0.15) is 6.61 Å². The number of piperazine rings is 1. The van der Waals surface area contributed by atoms with E-state index in [4.69, 9.17) is 0 Å². The lowest BCUT2D eigenvalue weighted by molar-refractivity contribution is -0.174. The summed E-state index contributed by atoms with van der Waals surface area (Å²) in [5.74, 6) is 0.0336. The van der Waals surface area contributed by atoms with Gasteiger partial charge in [0, 0.05) is 39.3 Å². The molecule has 1 aliphatic heterocycles. The van der Waals surface area contributed by atoms with E-state index >= 15 is 0 Å². The Labute approximate surface area is 177 Å². The number of nitrogens with one attached hydrogen (secondary N) is 1. The van der Waals surface area contributed by atoms with Crippen LogP contribution in [0.5, 0.6) is 0 Å². The third kappa shape index (κ3) is 8.62. The SMILES string of the molecule is CCCC(NC(=O)C(C)N1CCN(CCCOCC(F)(F)F)CC1)c1ccccc1. The number of hydrogen-bond acceptors (Lipinski definition) is 4. The molecule has 1 N–H and O–H groups in total. The molecule has 1 amide bonds. The number of nitrogens with zero attached hydrogens (tertiary/aromatic N) is 2. The Morgan fingerprint density at radius 2 is 1.83 bits per heavy atom. The van der Waals surface area contributed by atoms with E-state index in [1.807, 2.05) is 37.3 Å². The van der Waals surface area contributed by atoms with Gasteiger partial charge in [-0.1, -0.05) is 43.7 Å². The van der Waals surface area contributed by atoms with Crippen LogP contribution in [0.15, 0.2) is 30.3 Å². The van der Waals surface area contributed by atoms with Crippen molar-refractivity contribution < 1.29 is 22.7 Å². The van der Waals surface area contributed by atoms with Gasteiger partial charge in [-0.25, -0.2) is 0 Å². The van der Waals surface area contributed by atoms with E-state index in [2.05, 4.69) is 26.8 Å². The van der Waals surface area contributed by atoms with Crippen LogP contribution in [0.2, 0.25) is 0 Å². The highest BCUT2D eigenvalue weighted by Gasteiger charge is 2.28. The molecule has 1 fully saturated rings. The molecule has 5 nitrogen and oxygen atoms in total. The number of halogens is 3. The minimum atomic E-state index is -4.26. The van der Waals surface area contributed by atoms with Gasteiger partial charge >= 0.3 is 6.18 Å². The zero-order valence-electron chi connectivity index (χ0n) is 18.0. The average molecular weight is 430 g/mol. The summed E-state index contributed by atoms with van der Waals surface area (Å²) in [5, 5.41) is 3.20. The molecule has 1 aliphatic rings. The first-order chi connectivity index (χ1) is 14.3. The highest BCUT2D eigenvalue weighted by molar-refractivity contribution is 5.81. The average Bonchev–Trinajstić information content (AvgIpc) is 2.73. The van der Waals surface area contributed by atoms with Crippen molar-refractivity contribution in [1.82, 2.24) is 15.1 Å². The van der Waals surface area contributed by atoms with Crippen molar-refractivity contribution in [2.24, 2.45) is 0 Å². The van der Waals surface area contributed by atoms with Crippen molar-refractivity contribution in [1.29, 1.82) is 0 Å². The molecule has 0 aliphatic carbocycles. The zero-order chi connectivity index (χ0) is 22.0. The smallest absolute Gasteiger partial charge is 0.372 e. The Morgan fingerprint density at radius 3 is 2.43 bits per heavy atom. The maximum absolute atomic E-state index is 12.8. The van der Waals surface area contributed by atoms with Crippen LogP contribution in [0.3, 0.4) is 0 Å². The van der Waals surface area contributed by atoms with Gasteiger partial charge in [0.15, 0.2) is 0 Å². The Balaban J connectivity index is 1.72. The fraction of sp³-hybridized carbons (Fsp3) is 0.682. The van der Waals surface area contributed by atoms with Crippen LogP contribution in [0.1, 0.15) is 44.7 Å². The lowest BCUT2D eigenvalue weighted by Gasteiger charge is -2.37. The van der Waals surface area contributed by atoms with Crippen LogP contribution < -0.4 is 5.32 Å². The second-order valence-electron chi connectivity index (χ2n) is 7.84. The number of carbonyl (C=O) groups is 1. The van der Waals surface area contributed by atoms with Crippen LogP contribution in [-0.4, -0.2) is 73.9 Å². The maximum atomic E-state index is 12.8. The van der Waals surface area contributed by atoms with E-state index in [-0.39, 0.29) is 24.6 Å². The van der Waals surface area contributed by atoms with Crippen LogP contribution in [0.25, 0.3) is 0 Å².